The molecule has 0 saturated carbocycles. The van der Waals surface area contributed by atoms with Gasteiger partial charge in [0.25, 0.3) is 11.8 Å². The van der Waals surface area contributed by atoms with Gasteiger partial charge in [0.15, 0.2) is 0 Å². The Balaban J connectivity index is 2.48. The van der Waals surface area contributed by atoms with Crippen molar-refractivity contribution in [3.63, 3.8) is 0 Å². The molecule has 1 aromatic rings. The minimum Gasteiger partial charge on any atom is -0.481 e. The van der Waals surface area contributed by atoms with E-state index in [4.69, 9.17) is 5.11 Å². The molecule has 0 fully saturated rings. The third-order valence-electron chi connectivity index (χ3n) is 2.96. The standard InChI is InChI=1S/C12H14N2O4/c1-7(2)14-11(17)8-4-3-5-13(8)9(12(14)18)6-10(15)16/h3-5,7,9H,6H2,1-2H3,(H,15,16). The predicted octanol–water partition coefficient (Wildman–Crippen LogP) is 0.895. The van der Waals surface area contributed by atoms with E-state index in [1.807, 2.05) is 0 Å². The van der Waals surface area contributed by atoms with Gasteiger partial charge < -0.3 is 9.67 Å². The second-order valence-corrected chi connectivity index (χ2v) is 4.52. The van der Waals surface area contributed by atoms with Crippen molar-refractivity contribution in [2.45, 2.75) is 32.4 Å². The second kappa shape index (κ2) is 4.29. The first kappa shape index (κ1) is 12.3. The summed E-state index contributed by atoms with van der Waals surface area (Å²) < 4.78 is 1.44. The average Bonchev–Trinajstić information content (AvgIpc) is 2.72. The molecular weight excluding hydrogens is 236 g/mol. The van der Waals surface area contributed by atoms with Gasteiger partial charge in [-0.1, -0.05) is 0 Å². The normalized spacial score (nSPS) is 19.3. The molecule has 1 aliphatic rings. The molecule has 18 heavy (non-hydrogen) atoms. The molecule has 6 heteroatoms. The number of imide groups is 1. The largest absolute Gasteiger partial charge is 0.481 e. The van der Waals surface area contributed by atoms with E-state index in [1.54, 1.807) is 32.2 Å². The van der Waals surface area contributed by atoms with Crippen molar-refractivity contribution >= 4 is 17.8 Å². The minimum atomic E-state index is -1.06. The molecule has 96 valence electrons. The molecule has 1 aliphatic heterocycles. The molecule has 0 bridgehead atoms. The molecule has 0 radical (unpaired) electrons. The maximum absolute atomic E-state index is 12.2. The smallest absolute Gasteiger partial charge is 0.306 e. The molecule has 0 saturated heterocycles. The summed E-state index contributed by atoms with van der Waals surface area (Å²) >= 11 is 0. The maximum Gasteiger partial charge on any atom is 0.306 e. The zero-order chi connectivity index (χ0) is 13.4. The van der Waals surface area contributed by atoms with Crippen LogP contribution >= 0.6 is 0 Å². The SMILES string of the molecule is CC(C)N1C(=O)c2cccn2C(CC(=O)O)C1=O. The van der Waals surface area contributed by atoms with Crippen LogP contribution in [0.2, 0.25) is 0 Å². The van der Waals surface area contributed by atoms with E-state index in [0.717, 1.165) is 4.90 Å². The summed E-state index contributed by atoms with van der Waals surface area (Å²) in [6, 6.07) is 2.11. The molecule has 1 unspecified atom stereocenters. The number of amides is 2. The fourth-order valence-electron chi connectivity index (χ4n) is 2.19. The van der Waals surface area contributed by atoms with Crippen LogP contribution in [-0.2, 0) is 9.59 Å². The van der Waals surface area contributed by atoms with Gasteiger partial charge in [0.2, 0.25) is 0 Å². The topological polar surface area (TPSA) is 79.6 Å². The lowest BCUT2D eigenvalue weighted by Gasteiger charge is -2.34. The highest BCUT2D eigenvalue weighted by Crippen LogP contribution is 2.27. The van der Waals surface area contributed by atoms with Crippen LogP contribution < -0.4 is 0 Å². The van der Waals surface area contributed by atoms with Gasteiger partial charge in [0.1, 0.15) is 11.7 Å². The maximum atomic E-state index is 12.2. The van der Waals surface area contributed by atoms with Gasteiger partial charge in [-0.2, -0.15) is 0 Å². The Kier molecular flexibility index (Phi) is 2.94. The number of hydrogen-bond donors (Lipinski definition) is 1. The van der Waals surface area contributed by atoms with Crippen molar-refractivity contribution in [2.24, 2.45) is 0 Å². The lowest BCUT2D eigenvalue weighted by Crippen LogP contribution is -2.50. The first-order valence-electron chi connectivity index (χ1n) is 5.69. The van der Waals surface area contributed by atoms with Crippen molar-refractivity contribution in [1.82, 2.24) is 9.47 Å². The number of hydrogen-bond acceptors (Lipinski definition) is 3. The molecule has 2 amide bonds. The number of aromatic nitrogens is 1. The Morgan fingerprint density at radius 3 is 2.67 bits per heavy atom. The van der Waals surface area contributed by atoms with E-state index in [-0.39, 0.29) is 18.4 Å². The highest BCUT2D eigenvalue weighted by Gasteiger charge is 2.40. The van der Waals surface area contributed by atoms with Gasteiger partial charge in [-0.05, 0) is 26.0 Å². The zero-order valence-corrected chi connectivity index (χ0v) is 10.2. The van der Waals surface area contributed by atoms with E-state index in [9.17, 15) is 14.4 Å². The van der Waals surface area contributed by atoms with Crippen molar-refractivity contribution in [2.75, 3.05) is 0 Å². The molecule has 1 N–H and O–H groups in total. The number of rotatable bonds is 3. The van der Waals surface area contributed by atoms with Crippen molar-refractivity contribution in [3.05, 3.63) is 24.0 Å². The van der Waals surface area contributed by atoms with Crippen LogP contribution in [0.4, 0.5) is 0 Å². The van der Waals surface area contributed by atoms with Gasteiger partial charge in [-0.15, -0.1) is 0 Å². The molecule has 1 atom stereocenters. The highest BCUT2D eigenvalue weighted by atomic mass is 16.4. The van der Waals surface area contributed by atoms with Gasteiger partial charge >= 0.3 is 5.97 Å². The number of nitrogens with zero attached hydrogens (tertiary/aromatic N) is 2. The number of carboxylic acids is 1. The Morgan fingerprint density at radius 1 is 1.44 bits per heavy atom. The predicted molar refractivity (Wildman–Crippen MR) is 62.0 cm³/mol. The zero-order valence-electron chi connectivity index (χ0n) is 10.2. The molecule has 2 heterocycles. The second-order valence-electron chi connectivity index (χ2n) is 4.52. The molecule has 2 rings (SSSR count). The monoisotopic (exact) mass is 250 g/mol. The van der Waals surface area contributed by atoms with Crippen molar-refractivity contribution < 1.29 is 19.5 Å². The fourth-order valence-corrected chi connectivity index (χ4v) is 2.19. The number of carboxylic acid groups (broad SMARTS) is 1. The summed E-state index contributed by atoms with van der Waals surface area (Å²) in [6.07, 6.45) is 1.24. The van der Waals surface area contributed by atoms with Gasteiger partial charge in [0.05, 0.1) is 6.42 Å². The van der Waals surface area contributed by atoms with E-state index >= 15 is 0 Å². The van der Waals surface area contributed by atoms with Crippen LogP contribution in [0.3, 0.4) is 0 Å². The van der Waals surface area contributed by atoms with Gasteiger partial charge in [0, 0.05) is 12.2 Å². The summed E-state index contributed by atoms with van der Waals surface area (Å²) in [7, 11) is 0. The van der Waals surface area contributed by atoms with Gasteiger partial charge in [-0.25, -0.2) is 0 Å². The molecule has 0 aromatic carbocycles. The summed E-state index contributed by atoms with van der Waals surface area (Å²) in [5.74, 6) is -1.89. The molecule has 0 spiro atoms. The van der Waals surface area contributed by atoms with E-state index in [1.165, 1.54) is 4.57 Å². The minimum absolute atomic E-state index is 0.287. The summed E-state index contributed by atoms with van der Waals surface area (Å²) in [5, 5.41) is 8.87. The lowest BCUT2D eigenvalue weighted by atomic mass is 10.1. The third-order valence-corrected chi connectivity index (χ3v) is 2.96. The Bertz CT molecular complexity index is 518. The van der Waals surface area contributed by atoms with E-state index in [2.05, 4.69) is 0 Å². The molecule has 6 nitrogen and oxygen atoms in total. The number of fused-ring (bicyclic) bond motifs is 1. The number of carbonyl (C=O) groups excluding carboxylic acids is 2. The van der Waals surface area contributed by atoms with Crippen LogP contribution in [0.1, 0.15) is 36.8 Å². The van der Waals surface area contributed by atoms with Crippen LogP contribution in [0.5, 0.6) is 0 Å². The third kappa shape index (κ3) is 1.79. The lowest BCUT2D eigenvalue weighted by molar-refractivity contribution is -0.144. The quantitative estimate of drug-likeness (QED) is 0.808. The van der Waals surface area contributed by atoms with Crippen LogP contribution in [0, 0.1) is 0 Å². The first-order valence-corrected chi connectivity index (χ1v) is 5.69. The van der Waals surface area contributed by atoms with Crippen molar-refractivity contribution in [1.29, 1.82) is 0 Å². The Hall–Kier alpha value is -2.11. The fraction of sp³-hybridized carbons (Fsp3) is 0.417. The van der Waals surface area contributed by atoms with Crippen molar-refractivity contribution in [3.8, 4) is 0 Å². The molecule has 1 aromatic heterocycles. The van der Waals surface area contributed by atoms with E-state index < -0.39 is 17.9 Å². The van der Waals surface area contributed by atoms with Gasteiger partial charge in [-0.3, -0.25) is 19.3 Å². The number of carbonyl (C=O) groups is 3. The Labute approximate surface area is 104 Å². The summed E-state index contributed by atoms with van der Waals surface area (Å²) in [4.78, 5) is 36.3. The molecular formula is C12H14N2O4. The van der Waals surface area contributed by atoms with Crippen LogP contribution in [0.15, 0.2) is 18.3 Å². The summed E-state index contributed by atoms with van der Waals surface area (Å²) in [5.41, 5.74) is 0.356. The highest BCUT2D eigenvalue weighted by molar-refractivity contribution is 6.08. The molecule has 0 aliphatic carbocycles. The van der Waals surface area contributed by atoms with Crippen LogP contribution in [-0.4, -0.2) is 38.4 Å². The van der Waals surface area contributed by atoms with E-state index in [0.29, 0.717) is 5.69 Å². The average molecular weight is 250 g/mol. The Morgan fingerprint density at radius 2 is 2.11 bits per heavy atom. The summed E-state index contributed by atoms with van der Waals surface area (Å²) in [6.45, 7) is 3.46. The first-order chi connectivity index (χ1) is 8.43. The van der Waals surface area contributed by atoms with Crippen LogP contribution in [0.25, 0.3) is 0 Å². The number of aliphatic carboxylic acids is 1.